The maximum atomic E-state index is 13.7. The van der Waals surface area contributed by atoms with Crippen molar-refractivity contribution in [1.29, 1.82) is 0 Å². The molecular weight excluding hydrogens is 534 g/mol. The van der Waals surface area contributed by atoms with Crippen molar-refractivity contribution < 1.29 is 32.6 Å². The van der Waals surface area contributed by atoms with Gasteiger partial charge < -0.3 is 24.8 Å². The maximum Gasteiger partial charge on any atom is 0.258 e. The summed E-state index contributed by atoms with van der Waals surface area (Å²) in [6.45, 7) is 6.57. The predicted octanol–water partition coefficient (Wildman–Crippen LogP) is 2.90. The van der Waals surface area contributed by atoms with Gasteiger partial charge in [0.2, 0.25) is 15.9 Å². The molecule has 0 radical (unpaired) electrons. The highest BCUT2D eigenvalue weighted by Gasteiger charge is 2.36. The third-order valence-electron chi connectivity index (χ3n) is 7.71. The summed E-state index contributed by atoms with van der Waals surface area (Å²) in [6.07, 6.45) is 0.541. The van der Waals surface area contributed by atoms with Gasteiger partial charge in [0, 0.05) is 38.6 Å². The number of aliphatic hydroxyl groups is 1. The lowest BCUT2D eigenvalue weighted by atomic mass is 9.98. The Labute approximate surface area is 236 Å². The number of para-hydroxylation sites is 1. The molecule has 2 aromatic carbocycles. The van der Waals surface area contributed by atoms with E-state index in [0.29, 0.717) is 31.7 Å². The molecule has 1 fully saturated rings. The van der Waals surface area contributed by atoms with E-state index in [1.165, 1.54) is 11.4 Å². The lowest BCUT2D eigenvalue weighted by Crippen LogP contribution is -2.50. The van der Waals surface area contributed by atoms with Gasteiger partial charge in [-0.3, -0.25) is 9.59 Å². The number of aliphatic hydroxyl groups excluding tert-OH is 1. The first-order chi connectivity index (χ1) is 19.0. The first-order valence-electron chi connectivity index (χ1n) is 13.7. The van der Waals surface area contributed by atoms with Gasteiger partial charge in [-0.1, -0.05) is 30.7 Å². The van der Waals surface area contributed by atoms with Crippen LogP contribution in [0.2, 0.25) is 0 Å². The van der Waals surface area contributed by atoms with Gasteiger partial charge in [-0.15, -0.1) is 0 Å². The number of amides is 2. The molecule has 2 aliphatic heterocycles. The van der Waals surface area contributed by atoms with Gasteiger partial charge in [-0.25, -0.2) is 8.42 Å². The fourth-order valence-electron chi connectivity index (χ4n) is 5.00. The number of carbonyl (C=O) groups is 2. The molecule has 0 aliphatic carbocycles. The van der Waals surface area contributed by atoms with Crippen LogP contribution in [0.25, 0.3) is 0 Å². The zero-order valence-corrected chi connectivity index (χ0v) is 24.3. The molecule has 0 unspecified atom stereocenters. The minimum absolute atomic E-state index is 0.00853. The van der Waals surface area contributed by atoms with Crippen molar-refractivity contribution in [3.63, 3.8) is 0 Å². The fraction of sp³-hybridized carbons (Fsp3) is 0.517. The average Bonchev–Trinajstić information content (AvgIpc) is 2.95. The van der Waals surface area contributed by atoms with Crippen LogP contribution in [0, 0.1) is 18.8 Å². The summed E-state index contributed by atoms with van der Waals surface area (Å²) >= 11 is 0. The third kappa shape index (κ3) is 6.49. The van der Waals surface area contributed by atoms with Gasteiger partial charge >= 0.3 is 0 Å². The Kier molecular flexibility index (Phi) is 9.50. The summed E-state index contributed by atoms with van der Waals surface area (Å²) < 4.78 is 39.9. The van der Waals surface area contributed by atoms with E-state index in [1.807, 2.05) is 13.8 Å². The molecule has 2 heterocycles. The quantitative estimate of drug-likeness (QED) is 0.498. The van der Waals surface area contributed by atoms with E-state index in [1.54, 1.807) is 54.3 Å². The van der Waals surface area contributed by atoms with Crippen LogP contribution in [-0.4, -0.2) is 86.6 Å². The van der Waals surface area contributed by atoms with Crippen molar-refractivity contribution in [2.45, 2.75) is 50.7 Å². The number of rotatable bonds is 8. The molecule has 0 saturated carbocycles. The van der Waals surface area contributed by atoms with Crippen molar-refractivity contribution in [3.8, 4) is 5.75 Å². The first kappa shape index (κ1) is 30.0. The number of sulfonamides is 1. The van der Waals surface area contributed by atoms with Gasteiger partial charge in [-0.2, -0.15) is 4.31 Å². The molecule has 0 bridgehead atoms. The Morgan fingerprint density at radius 3 is 2.50 bits per heavy atom. The molecule has 40 heavy (non-hydrogen) atoms. The molecule has 3 atom stereocenters. The zero-order chi connectivity index (χ0) is 29.0. The fourth-order valence-corrected chi connectivity index (χ4v) is 6.18. The second kappa shape index (κ2) is 12.7. The Morgan fingerprint density at radius 2 is 1.85 bits per heavy atom. The summed E-state index contributed by atoms with van der Waals surface area (Å²) in [5.41, 5.74) is 1.54. The van der Waals surface area contributed by atoms with E-state index in [2.05, 4.69) is 5.32 Å². The van der Waals surface area contributed by atoms with Crippen molar-refractivity contribution in [2.75, 3.05) is 45.3 Å². The Morgan fingerprint density at radius 1 is 1.18 bits per heavy atom. The van der Waals surface area contributed by atoms with Gasteiger partial charge in [-0.05, 0) is 51.0 Å². The number of ether oxygens (including phenoxy) is 2. The standard InChI is InChI=1S/C29H39N3O7S/c1-19-8-10-23(11-9-19)40(36,37)31(4)17-26-20(2)16-32(21(3)18-33)29(35)24-6-5-7-25(27(24)39-26)30-28(34)22-12-14-38-15-13-22/h5-11,20-22,26,33H,12-18H2,1-4H3,(H,30,34)/t20-,21+,26+/m1/s1. The number of nitrogens with one attached hydrogen (secondary N) is 1. The van der Waals surface area contributed by atoms with Crippen LogP contribution >= 0.6 is 0 Å². The van der Waals surface area contributed by atoms with Crippen LogP contribution in [0.15, 0.2) is 47.4 Å². The summed E-state index contributed by atoms with van der Waals surface area (Å²) in [5.74, 6) is -0.842. The van der Waals surface area contributed by atoms with Crippen LogP contribution in [0.5, 0.6) is 5.75 Å². The lowest BCUT2D eigenvalue weighted by Gasteiger charge is -2.38. The average molecular weight is 574 g/mol. The second-order valence-corrected chi connectivity index (χ2v) is 12.8. The SMILES string of the molecule is Cc1ccc(S(=O)(=O)N(C)C[C@@H]2Oc3c(NC(=O)C4CCOCC4)cccc3C(=O)N([C@@H](C)CO)C[C@H]2C)cc1. The molecule has 2 aromatic rings. The molecule has 4 rings (SSSR count). The summed E-state index contributed by atoms with van der Waals surface area (Å²) in [6, 6.07) is 11.2. The molecule has 1 saturated heterocycles. The van der Waals surface area contributed by atoms with E-state index >= 15 is 0 Å². The number of aryl methyl sites for hydroxylation is 1. The maximum absolute atomic E-state index is 13.7. The third-order valence-corrected chi connectivity index (χ3v) is 9.54. The molecule has 2 N–H and O–H groups in total. The van der Waals surface area contributed by atoms with Crippen molar-refractivity contribution in [1.82, 2.24) is 9.21 Å². The summed E-state index contributed by atoms with van der Waals surface area (Å²) in [7, 11) is -2.31. The molecule has 10 nitrogen and oxygen atoms in total. The number of carbonyl (C=O) groups excluding carboxylic acids is 2. The van der Waals surface area contributed by atoms with Gasteiger partial charge in [0.05, 0.1) is 35.3 Å². The number of fused-ring (bicyclic) bond motifs is 1. The van der Waals surface area contributed by atoms with E-state index in [-0.39, 0.29) is 59.6 Å². The van der Waals surface area contributed by atoms with Gasteiger partial charge in [0.15, 0.2) is 5.75 Å². The van der Waals surface area contributed by atoms with E-state index < -0.39 is 22.2 Å². The van der Waals surface area contributed by atoms with Crippen LogP contribution in [0.1, 0.15) is 42.6 Å². The molecule has 11 heteroatoms. The van der Waals surface area contributed by atoms with Gasteiger partial charge in [0.25, 0.3) is 5.91 Å². The molecule has 2 aliphatic rings. The van der Waals surface area contributed by atoms with Crippen LogP contribution < -0.4 is 10.1 Å². The number of likely N-dealkylation sites (N-methyl/N-ethyl adjacent to an activating group) is 1. The number of anilines is 1. The second-order valence-electron chi connectivity index (χ2n) is 10.8. The van der Waals surface area contributed by atoms with E-state index in [4.69, 9.17) is 9.47 Å². The van der Waals surface area contributed by atoms with Gasteiger partial charge in [0.1, 0.15) is 6.10 Å². The van der Waals surface area contributed by atoms with Crippen LogP contribution in [0.3, 0.4) is 0 Å². The monoisotopic (exact) mass is 573 g/mol. The highest BCUT2D eigenvalue weighted by atomic mass is 32.2. The Hall–Kier alpha value is -2.99. The topological polar surface area (TPSA) is 125 Å². The predicted molar refractivity (Wildman–Crippen MR) is 151 cm³/mol. The van der Waals surface area contributed by atoms with E-state index in [0.717, 1.165) is 5.56 Å². The largest absolute Gasteiger partial charge is 0.486 e. The van der Waals surface area contributed by atoms with Crippen molar-refractivity contribution >= 4 is 27.5 Å². The van der Waals surface area contributed by atoms with Crippen molar-refractivity contribution in [3.05, 3.63) is 53.6 Å². The number of hydrogen-bond acceptors (Lipinski definition) is 7. The Bertz CT molecular complexity index is 1310. The molecule has 0 spiro atoms. The summed E-state index contributed by atoms with van der Waals surface area (Å²) in [5, 5.41) is 12.8. The number of nitrogens with zero attached hydrogens (tertiary/aromatic N) is 2. The van der Waals surface area contributed by atoms with E-state index in [9.17, 15) is 23.1 Å². The van der Waals surface area contributed by atoms with Crippen LogP contribution in [0.4, 0.5) is 5.69 Å². The number of benzene rings is 2. The first-order valence-corrected chi connectivity index (χ1v) is 15.1. The van der Waals surface area contributed by atoms with Crippen molar-refractivity contribution in [2.24, 2.45) is 11.8 Å². The highest BCUT2D eigenvalue weighted by Crippen LogP contribution is 2.36. The smallest absolute Gasteiger partial charge is 0.258 e. The molecule has 2 amide bonds. The lowest BCUT2D eigenvalue weighted by molar-refractivity contribution is -0.122. The molecule has 218 valence electrons. The highest BCUT2D eigenvalue weighted by molar-refractivity contribution is 7.89. The minimum Gasteiger partial charge on any atom is -0.486 e. The Balaban J connectivity index is 1.69. The molecule has 0 aromatic heterocycles. The zero-order valence-electron chi connectivity index (χ0n) is 23.5. The molecular formula is C29H39N3O7S. The number of hydrogen-bond donors (Lipinski definition) is 2. The van der Waals surface area contributed by atoms with Crippen LogP contribution in [-0.2, 0) is 19.6 Å². The minimum atomic E-state index is -3.81. The summed E-state index contributed by atoms with van der Waals surface area (Å²) in [4.78, 5) is 28.5. The normalized spacial score (nSPS) is 21.2.